The lowest BCUT2D eigenvalue weighted by Crippen LogP contribution is -2.29. The van der Waals surface area contributed by atoms with Crippen molar-refractivity contribution >= 4 is 11.8 Å². The van der Waals surface area contributed by atoms with Crippen LogP contribution >= 0.6 is 11.8 Å². The molecule has 1 aliphatic carbocycles. The van der Waals surface area contributed by atoms with Crippen LogP contribution in [0.1, 0.15) is 43.0 Å². The van der Waals surface area contributed by atoms with Crippen LogP contribution in [0, 0.1) is 0 Å². The third-order valence-electron chi connectivity index (χ3n) is 4.63. The van der Waals surface area contributed by atoms with Crippen molar-refractivity contribution in [3.63, 3.8) is 0 Å². The number of rotatable bonds is 5. The molecule has 21 heavy (non-hydrogen) atoms. The van der Waals surface area contributed by atoms with Crippen molar-refractivity contribution in [1.82, 2.24) is 9.55 Å². The van der Waals surface area contributed by atoms with Crippen molar-refractivity contribution in [1.29, 1.82) is 0 Å². The summed E-state index contributed by atoms with van der Waals surface area (Å²) in [4.78, 5) is 4.35. The maximum atomic E-state index is 6.45. The lowest BCUT2D eigenvalue weighted by Gasteiger charge is -2.28. The SMILES string of the molecule is CSC1(Cn2cncc2C(N)c2ccccc2)CCCC1. The molecule has 2 N–H and O–H groups in total. The molecule has 0 amide bonds. The molecule has 0 aliphatic heterocycles. The maximum Gasteiger partial charge on any atom is 0.0949 e. The number of aromatic nitrogens is 2. The third kappa shape index (κ3) is 3.01. The average Bonchev–Trinajstić information content (AvgIpc) is 3.18. The number of thioether (sulfide) groups is 1. The molecule has 1 heterocycles. The van der Waals surface area contributed by atoms with Crippen LogP contribution in [-0.2, 0) is 6.54 Å². The predicted molar refractivity (Wildman–Crippen MR) is 89.4 cm³/mol. The van der Waals surface area contributed by atoms with E-state index in [0.717, 1.165) is 17.8 Å². The normalized spacial score (nSPS) is 18.8. The molecule has 3 nitrogen and oxygen atoms in total. The van der Waals surface area contributed by atoms with Gasteiger partial charge in [-0.3, -0.25) is 0 Å². The number of nitrogens with zero attached hydrogens (tertiary/aromatic N) is 2. The number of hydrogen-bond acceptors (Lipinski definition) is 3. The molecule has 1 unspecified atom stereocenters. The Morgan fingerprint density at radius 2 is 2.00 bits per heavy atom. The molecular weight excluding hydrogens is 278 g/mol. The van der Waals surface area contributed by atoms with Crippen LogP contribution in [0.3, 0.4) is 0 Å². The molecule has 0 spiro atoms. The summed E-state index contributed by atoms with van der Waals surface area (Å²) in [6, 6.07) is 10.2. The fraction of sp³-hybridized carbons (Fsp3) is 0.471. The van der Waals surface area contributed by atoms with E-state index in [1.807, 2.05) is 42.5 Å². The van der Waals surface area contributed by atoms with Crippen LogP contribution in [0.15, 0.2) is 42.9 Å². The minimum Gasteiger partial charge on any atom is -0.331 e. The van der Waals surface area contributed by atoms with E-state index in [-0.39, 0.29) is 6.04 Å². The number of benzene rings is 1. The monoisotopic (exact) mass is 301 g/mol. The Morgan fingerprint density at radius 3 is 2.67 bits per heavy atom. The highest BCUT2D eigenvalue weighted by Crippen LogP contribution is 2.42. The Hall–Kier alpha value is -1.26. The van der Waals surface area contributed by atoms with Crippen molar-refractivity contribution in [2.75, 3.05) is 6.26 Å². The van der Waals surface area contributed by atoms with E-state index in [1.54, 1.807) is 0 Å². The molecule has 3 rings (SSSR count). The first kappa shape index (κ1) is 14.7. The van der Waals surface area contributed by atoms with E-state index >= 15 is 0 Å². The summed E-state index contributed by atoms with van der Waals surface area (Å²) in [7, 11) is 0. The summed E-state index contributed by atoms with van der Waals surface area (Å²) >= 11 is 2.00. The Bertz CT molecular complexity index is 573. The topological polar surface area (TPSA) is 43.8 Å². The average molecular weight is 301 g/mol. The summed E-state index contributed by atoms with van der Waals surface area (Å²) in [6.07, 6.45) is 11.4. The van der Waals surface area contributed by atoms with Crippen LogP contribution in [-0.4, -0.2) is 20.6 Å². The molecule has 0 radical (unpaired) electrons. The summed E-state index contributed by atoms with van der Waals surface area (Å²) < 4.78 is 2.63. The lowest BCUT2D eigenvalue weighted by molar-refractivity contribution is 0.489. The van der Waals surface area contributed by atoms with E-state index < -0.39 is 0 Å². The zero-order valence-corrected chi connectivity index (χ0v) is 13.4. The Morgan fingerprint density at radius 1 is 1.29 bits per heavy atom. The Kier molecular flexibility index (Phi) is 4.36. The van der Waals surface area contributed by atoms with Gasteiger partial charge in [-0.15, -0.1) is 0 Å². The third-order valence-corrected chi connectivity index (χ3v) is 6.03. The smallest absolute Gasteiger partial charge is 0.0949 e. The van der Waals surface area contributed by atoms with Gasteiger partial charge in [-0.2, -0.15) is 11.8 Å². The van der Waals surface area contributed by atoms with Crippen molar-refractivity contribution in [2.24, 2.45) is 5.73 Å². The van der Waals surface area contributed by atoms with E-state index in [9.17, 15) is 0 Å². The van der Waals surface area contributed by atoms with Crippen molar-refractivity contribution in [3.05, 3.63) is 54.1 Å². The summed E-state index contributed by atoms with van der Waals surface area (Å²) in [5.74, 6) is 0. The van der Waals surface area contributed by atoms with Gasteiger partial charge in [0.05, 0.1) is 24.3 Å². The minimum absolute atomic E-state index is 0.103. The van der Waals surface area contributed by atoms with Gasteiger partial charge in [0.2, 0.25) is 0 Å². The number of nitrogens with two attached hydrogens (primary N) is 1. The molecule has 1 aromatic heterocycles. The second-order valence-electron chi connectivity index (χ2n) is 5.93. The van der Waals surface area contributed by atoms with Crippen LogP contribution in [0.2, 0.25) is 0 Å². The molecule has 1 aliphatic rings. The fourth-order valence-corrected chi connectivity index (χ4v) is 4.27. The summed E-state index contributed by atoms with van der Waals surface area (Å²) in [5, 5.41) is 0. The van der Waals surface area contributed by atoms with E-state index in [0.29, 0.717) is 4.75 Å². The molecule has 0 bridgehead atoms. The number of imidazole rings is 1. The minimum atomic E-state index is -0.103. The van der Waals surface area contributed by atoms with Gasteiger partial charge in [0.1, 0.15) is 0 Å². The van der Waals surface area contributed by atoms with E-state index in [1.165, 1.54) is 25.7 Å². The second-order valence-corrected chi connectivity index (χ2v) is 7.20. The van der Waals surface area contributed by atoms with Crippen LogP contribution < -0.4 is 5.73 Å². The standard InChI is InChI=1S/C17H23N3S/c1-21-17(9-5-6-10-17)12-20-13-19-11-15(20)16(18)14-7-3-2-4-8-14/h2-4,7-8,11,13,16H,5-6,9-10,12,18H2,1H3. The quantitative estimate of drug-likeness (QED) is 0.917. The van der Waals surface area contributed by atoms with Gasteiger partial charge >= 0.3 is 0 Å². The molecule has 1 aromatic carbocycles. The van der Waals surface area contributed by atoms with Gasteiger partial charge in [0.15, 0.2) is 0 Å². The van der Waals surface area contributed by atoms with Crippen LogP contribution in [0.4, 0.5) is 0 Å². The van der Waals surface area contributed by atoms with Gasteiger partial charge < -0.3 is 10.3 Å². The first-order valence-corrected chi connectivity index (χ1v) is 8.82. The van der Waals surface area contributed by atoms with Gasteiger partial charge in [0.25, 0.3) is 0 Å². The molecule has 2 aromatic rings. The molecule has 1 saturated carbocycles. The van der Waals surface area contributed by atoms with Crippen molar-refractivity contribution in [3.8, 4) is 0 Å². The summed E-state index contributed by atoms with van der Waals surface area (Å²) in [5.41, 5.74) is 8.71. The highest BCUT2D eigenvalue weighted by molar-refractivity contribution is 8.00. The zero-order valence-electron chi connectivity index (χ0n) is 12.5. The van der Waals surface area contributed by atoms with E-state index in [4.69, 9.17) is 5.73 Å². The lowest BCUT2D eigenvalue weighted by atomic mass is 10.0. The molecule has 1 atom stereocenters. The van der Waals surface area contributed by atoms with E-state index in [2.05, 4.69) is 27.9 Å². The predicted octanol–water partition coefficient (Wildman–Crippen LogP) is 3.61. The second kappa shape index (κ2) is 6.24. The molecule has 4 heteroatoms. The van der Waals surface area contributed by atoms with Crippen LogP contribution in [0.5, 0.6) is 0 Å². The fourth-order valence-electron chi connectivity index (χ4n) is 3.31. The molecule has 1 fully saturated rings. The van der Waals surface area contributed by atoms with Crippen molar-refractivity contribution < 1.29 is 0 Å². The van der Waals surface area contributed by atoms with Gasteiger partial charge in [-0.05, 0) is 24.7 Å². The molecule has 112 valence electrons. The van der Waals surface area contributed by atoms with Crippen LogP contribution in [0.25, 0.3) is 0 Å². The zero-order chi connectivity index (χ0) is 14.7. The first-order valence-electron chi connectivity index (χ1n) is 7.60. The molecular formula is C17H23N3S. The van der Waals surface area contributed by atoms with Crippen molar-refractivity contribution in [2.45, 2.75) is 43.0 Å². The largest absolute Gasteiger partial charge is 0.331 e. The first-order chi connectivity index (χ1) is 10.2. The van der Waals surface area contributed by atoms with Gasteiger partial charge in [-0.25, -0.2) is 4.98 Å². The molecule has 0 saturated heterocycles. The van der Waals surface area contributed by atoms with Gasteiger partial charge in [0, 0.05) is 11.3 Å². The highest BCUT2D eigenvalue weighted by Gasteiger charge is 2.34. The number of hydrogen-bond donors (Lipinski definition) is 1. The highest BCUT2D eigenvalue weighted by atomic mass is 32.2. The summed E-state index contributed by atoms with van der Waals surface area (Å²) in [6.45, 7) is 1.02. The Balaban J connectivity index is 1.84. The maximum absolute atomic E-state index is 6.45. The Labute approximate surface area is 131 Å². The van der Waals surface area contributed by atoms with Gasteiger partial charge in [-0.1, -0.05) is 43.2 Å².